The van der Waals surface area contributed by atoms with Gasteiger partial charge in [-0.1, -0.05) is 13.0 Å². The maximum absolute atomic E-state index is 10.4. The number of allylic oxidation sites excluding steroid dienone is 3. The summed E-state index contributed by atoms with van der Waals surface area (Å²) in [5.41, 5.74) is 1.41. The van der Waals surface area contributed by atoms with E-state index in [1.165, 1.54) is 6.42 Å². The standard InChI is InChI=1S/C20H26O4/c1-17-6-5-15-13(14(17)2-3-16(17)21)4-7-18-12-19(22-10-11-23-19)8-9-20(15,18)24-18/h3,5,13-14,21H,2,4,6-12H2,1H3/t13?,14?,17-,18?,20?/m0/s1. The highest BCUT2D eigenvalue weighted by molar-refractivity contribution is 5.44. The van der Waals surface area contributed by atoms with Gasteiger partial charge in [-0.3, -0.25) is 0 Å². The molecule has 6 rings (SSSR count). The number of fused-ring (bicyclic) bond motifs is 3. The van der Waals surface area contributed by atoms with Crippen LogP contribution in [0.1, 0.15) is 51.9 Å². The molecule has 4 aliphatic carbocycles. The van der Waals surface area contributed by atoms with E-state index in [0.717, 1.165) is 51.7 Å². The predicted octanol–water partition coefficient (Wildman–Crippen LogP) is 3.63. The number of rotatable bonds is 0. The Morgan fingerprint density at radius 2 is 1.96 bits per heavy atom. The molecule has 0 aromatic rings. The number of aliphatic hydroxyl groups excluding tert-OH is 1. The summed E-state index contributed by atoms with van der Waals surface area (Å²) in [6.07, 6.45) is 11.6. The van der Waals surface area contributed by atoms with Crippen molar-refractivity contribution in [2.24, 2.45) is 17.3 Å². The smallest absolute Gasteiger partial charge is 0.171 e. The molecule has 2 aliphatic heterocycles. The van der Waals surface area contributed by atoms with Gasteiger partial charge in [0, 0.05) is 18.3 Å². The van der Waals surface area contributed by atoms with Gasteiger partial charge in [0.15, 0.2) is 5.79 Å². The van der Waals surface area contributed by atoms with Gasteiger partial charge in [-0.25, -0.2) is 0 Å². The molecule has 5 atom stereocenters. The second-order valence-corrected chi connectivity index (χ2v) is 9.07. The molecule has 1 spiro atoms. The summed E-state index contributed by atoms with van der Waals surface area (Å²) in [6, 6.07) is 0. The van der Waals surface area contributed by atoms with Gasteiger partial charge in [-0.15, -0.1) is 0 Å². The molecule has 2 heterocycles. The van der Waals surface area contributed by atoms with Crippen LogP contribution in [0.5, 0.6) is 0 Å². The van der Waals surface area contributed by atoms with Gasteiger partial charge in [0.25, 0.3) is 0 Å². The molecule has 2 saturated carbocycles. The Labute approximate surface area is 142 Å². The molecule has 4 unspecified atom stereocenters. The average molecular weight is 330 g/mol. The van der Waals surface area contributed by atoms with E-state index in [9.17, 15) is 5.11 Å². The van der Waals surface area contributed by atoms with E-state index in [0.29, 0.717) is 17.6 Å². The third kappa shape index (κ3) is 1.44. The highest BCUT2D eigenvalue weighted by Gasteiger charge is 2.79. The van der Waals surface area contributed by atoms with Crippen molar-refractivity contribution in [2.75, 3.05) is 13.2 Å². The van der Waals surface area contributed by atoms with Crippen LogP contribution >= 0.6 is 0 Å². The number of epoxide rings is 1. The third-order valence-electron chi connectivity index (χ3n) is 8.22. The molecule has 6 aliphatic rings. The molecule has 130 valence electrons. The van der Waals surface area contributed by atoms with E-state index in [1.54, 1.807) is 5.57 Å². The number of hydrogen-bond donors (Lipinski definition) is 1. The molecule has 0 radical (unpaired) electrons. The Balaban J connectivity index is 1.36. The summed E-state index contributed by atoms with van der Waals surface area (Å²) in [6.45, 7) is 3.69. The molecule has 4 fully saturated rings. The first kappa shape index (κ1) is 14.3. The average Bonchev–Trinajstić information content (AvgIpc) is 2.88. The second-order valence-electron chi connectivity index (χ2n) is 9.07. The molecule has 4 heteroatoms. The molecule has 24 heavy (non-hydrogen) atoms. The SMILES string of the molecule is C[C@]12CC=C3C(CCC45CC6(CCC34O5)OCCO6)C1CC=C2O. The Kier molecular flexibility index (Phi) is 2.45. The van der Waals surface area contributed by atoms with Crippen molar-refractivity contribution in [1.29, 1.82) is 0 Å². The van der Waals surface area contributed by atoms with Crippen LogP contribution in [0.2, 0.25) is 0 Å². The molecule has 0 aromatic heterocycles. The number of hydrogen-bond acceptors (Lipinski definition) is 4. The van der Waals surface area contributed by atoms with Crippen LogP contribution in [0.15, 0.2) is 23.5 Å². The summed E-state index contributed by atoms with van der Waals surface area (Å²) in [7, 11) is 0. The first-order chi connectivity index (χ1) is 11.5. The van der Waals surface area contributed by atoms with Gasteiger partial charge in [0.1, 0.15) is 11.2 Å². The van der Waals surface area contributed by atoms with Crippen molar-refractivity contribution in [3.63, 3.8) is 0 Å². The summed E-state index contributed by atoms with van der Waals surface area (Å²) in [5.74, 6) is 1.36. The van der Waals surface area contributed by atoms with E-state index in [4.69, 9.17) is 14.2 Å². The van der Waals surface area contributed by atoms with Crippen LogP contribution in [0, 0.1) is 17.3 Å². The fraction of sp³-hybridized carbons (Fsp3) is 0.800. The van der Waals surface area contributed by atoms with E-state index in [1.807, 2.05) is 0 Å². The zero-order valence-corrected chi connectivity index (χ0v) is 14.3. The largest absolute Gasteiger partial charge is 0.512 e. The third-order valence-corrected chi connectivity index (χ3v) is 8.22. The Morgan fingerprint density at radius 3 is 2.79 bits per heavy atom. The lowest BCUT2D eigenvalue weighted by molar-refractivity contribution is -0.185. The fourth-order valence-electron chi connectivity index (χ4n) is 6.89. The minimum atomic E-state index is -0.371. The first-order valence-electron chi connectivity index (χ1n) is 9.61. The molecule has 0 aromatic carbocycles. The van der Waals surface area contributed by atoms with Crippen LogP contribution in [0.3, 0.4) is 0 Å². The van der Waals surface area contributed by atoms with Gasteiger partial charge in [-0.2, -0.15) is 0 Å². The quantitative estimate of drug-likeness (QED) is 0.544. The Morgan fingerprint density at radius 1 is 1.12 bits per heavy atom. The fourth-order valence-corrected chi connectivity index (χ4v) is 6.89. The normalized spacial score (nSPS) is 53.5. The maximum Gasteiger partial charge on any atom is 0.171 e. The van der Waals surface area contributed by atoms with Crippen molar-refractivity contribution in [3.8, 4) is 0 Å². The van der Waals surface area contributed by atoms with Gasteiger partial charge < -0.3 is 19.3 Å². The summed E-state index contributed by atoms with van der Waals surface area (Å²) >= 11 is 0. The van der Waals surface area contributed by atoms with Crippen LogP contribution < -0.4 is 0 Å². The zero-order valence-electron chi connectivity index (χ0n) is 14.3. The zero-order chi connectivity index (χ0) is 16.2. The van der Waals surface area contributed by atoms with Crippen LogP contribution in [0.4, 0.5) is 0 Å². The van der Waals surface area contributed by atoms with E-state index in [-0.39, 0.29) is 22.4 Å². The summed E-state index contributed by atoms with van der Waals surface area (Å²) in [5, 5.41) is 10.4. The first-order valence-corrected chi connectivity index (χ1v) is 9.61. The van der Waals surface area contributed by atoms with Crippen molar-refractivity contribution in [2.45, 2.75) is 68.9 Å². The Bertz CT molecular complexity index is 675. The highest BCUT2D eigenvalue weighted by Crippen LogP contribution is 2.73. The highest BCUT2D eigenvalue weighted by atomic mass is 16.7. The molecular weight excluding hydrogens is 304 g/mol. The molecule has 0 amide bonds. The molecule has 1 N–H and O–H groups in total. The number of aliphatic hydroxyl groups is 1. The van der Waals surface area contributed by atoms with Gasteiger partial charge in [0.05, 0.1) is 19.0 Å². The molecule has 4 nitrogen and oxygen atoms in total. The van der Waals surface area contributed by atoms with Gasteiger partial charge >= 0.3 is 0 Å². The minimum Gasteiger partial charge on any atom is -0.512 e. The van der Waals surface area contributed by atoms with Crippen LogP contribution in [-0.2, 0) is 14.2 Å². The Hall–Kier alpha value is -0.840. The molecule has 0 bridgehead atoms. The lowest BCUT2D eigenvalue weighted by atomic mass is 9.54. The van der Waals surface area contributed by atoms with Crippen LogP contribution in [0.25, 0.3) is 0 Å². The topological polar surface area (TPSA) is 51.2 Å². The maximum atomic E-state index is 10.4. The van der Waals surface area contributed by atoms with Crippen molar-refractivity contribution < 1.29 is 19.3 Å². The summed E-state index contributed by atoms with van der Waals surface area (Å²) in [4.78, 5) is 0. The van der Waals surface area contributed by atoms with E-state index in [2.05, 4.69) is 19.1 Å². The minimum absolute atomic E-state index is 0.0419. The molecule has 2 saturated heterocycles. The predicted molar refractivity (Wildman–Crippen MR) is 87.4 cm³/mol. The van der Waals surface area contributed by atoms with E-state index < -0.39 is 0 Å². The van der Waals surface area contributed by atoms with Crippen molar-refractivity contribution in [1.82, 2.24) is 0 Å². The molecular formula is C20H26O4. The van der Waals surface area contributed by atoms with Crippen molar-refractivity contribution >= 4 is 0 Å². The van der Waals surface area contributed by atoms with Gasteiger partial charge in [0.2, 0.25) is 0 Å². The number of ether oxygens (including phenoxy) is 3. The lowest BCUT2D eigenvalue weighted by Crippen LogP contribution is -2.51. The summed E-state index contributed by atoms with van der Waals surface area (Å²) < 4.78 is 18.6. The van der Waals surface area contributed by atoms with Crippen molar-refractivity contribution in [3.05, 3.63) is 23.5 Å². The van der Waals surface area contributed by atoms with E-state index >= 15 is 0 Å². The monoisotopic (exact) mass is 330 g/mol. The second kappa shape index (κ2) is 4.11. The van der Waals surface area contributed by atoms with Gasteiger partial charge in [-0.05, 0) is 55.6 Å². The van der Waals surface area contributed by atoms with Crippen LogP contribution in [-0.4, -0.2) is 35.3 Å². The lowest BCUT2D eigenvalue weighted by Gasteiger charge is -2.49.